The van der Waals surface area contributed by atoms with E-state index in [1.165, 1.54) is 5.56 Å². The molecule has 130 valence electrons. The number of aromatic nitrogens is 2. The van der Waals surface area contributed by atoms with Crippen LogP contribution in [0, 0.1) is 13.8 Å². The van der Waals surface area contributed by atoms with Crippen LogP contribution in [0.5, 0.6) is 0 Å². The molecule has 2 rings (SSSR count). The van der Waals surface area contributed by atoms with Crippen molar-refractivity contribution in [1.29, 1.82) is 0 Å². The van der Waals surface area contributed by atoms with Crippen LogP contribution in [0.25, 0.3) is 0 Å². The standard InChI is InChI=1S/C9H14N2.C7H9NO.C2H6.CH4/c1-8-4-5-9(10-6-8)7-11(2)3;1-6-2-3-7(5-9)8-4-6;1-2;/h4-6H,7H2,1-3H3;2-4,9H,5H2,1H3;1-2H3;1H4. The average Bonchev–Trinajstić information content (AvgIpc) is 2.53. The summed E-state index contributed by atoms with van der Waals surface area (Å²) in [6.45, 7) is 8.96. The summed E-state index contributed by atoms with van der Waals surface area (Å²) in [5.41, 5.74) is 4.18. The zero-order chi connectivity index (χ0) is 17.0. The summed E-state index contributed by atoms with van der Waals surface area (Å²) in [5.74, 6) is 0. The topological polar surface area (TPSA) is 49.2 Å². The fraction of sp³-hybridized carbons (Fsp3) is 0.474. The van der Waals surface area contributed by atoms with E-state index >= 15 is 0 Å². The van der Waals surface area contributed by atoms with Crippen molar-refractivity contribution in [2.24, 2.45) is 0 Å². The van der Waals surface area contributed by atoms with Crippen molar-refractivity contribution >= 4 is 0 Å². The van der Waals surface area contributed by atoms with Crippen LogP contribution in [0.15, 0.2) is 36.7 Å². The molecular weight excluding hydrogens is 286 g/mol. The van der Waals surface area contributed by atoms with Crippen LogP contribution < -0.4 is 0 Å². The quantitative estimate of drug-likeness (QED) is 0.929. The Morgan fingerprint density at radius 1 is 0.870 bits per heavy atom. The third kappa shape index (κ3) is 11.4. The van der Waals surface area contributed by atoms with Crippen molar-refractivity contribution in [3.8, 4) is 0 Å². The van der Waals surface area contributed by atoms with Crippen LogP contribution in [0.4, 0.5) is 0 Å². The molecule has 2 aromatic heterocycles. The van der Waals surface area contributed by atoms with Crippen molar-refractivity contribution in [2.45, 2.75) is 48.3 Å². The molecule has 0 bridgehead atoms. The van der Waals surface area contributed by atoms with Crippen LogP contribution in [0.1, 0.15) is 43.8 Å². The first-order valence-corrected chi connectivity index (χ1v) is 7.60. The van der Waals surface area contributed by atoms with Crippen LogP contribution in [0.3, 0.4) is 0 Å². The van der Waals surface area contributed by atoms with Crippen LogP contribution in [-0.2, 0) is 13.2 Å². The maximum Gasteiger partial charge on any atom is 0.0852 e. The molecule has 0 aliphatic carbocycles. The number of hydrogen-bond donors (Lipinski definition) is 1. The van der Waals surface area contributed by atoms with E-state index in [1.54, 1.807) is 6.20 Å². The molecule has 0 radical (unpaired) electrons. The first kappa shape index (κ1) is 23.5. The second-order valence-corrected chi connectivity index (χ2v) is 5.05. The van der Waals surface area contributed by atoms with Crippen molar-refractivity contribution < 1.29 is 5.11 Å². The van der Waals surface area contributed by atoms with Gasteiger partial charge in [0.2, 0.25) is 0 Å². The zero-order valence-corrected chi connectivity index (χ0v) is 14.7. The molecule has 2 heterocycles. The highest BCUT2D eigenvalue weighted by molar-refractivity contribution is 5.12. The molecule has 0 saturated heterocycles. The molecule has 0 unspecified atom stereocenters. The molecule has 0 spiro atoms. The Hall–Kier alpha value is -1.78. The van der Waals surface area contributed by atoms with Crippen molar-refractivity contribution in [3.63, 3.8) is 0 Å². The van der Waals surface area contributed by atoms with E-state index in [0.29, 0.717) is 0 Å². The predicted octanol–water partition coefficient (Wildman–Crippen LogP) is 4.00. The third-order valence-electron chi connectivity index (χ3n) is 2.59. The first-order chi connectivity index (χ1) is 10.5. The number of nitrogens with zero attached hydrogens (tertiary/aromatic N) is 3. The Labute approximate surface area is 142 Å². The van der Waals surface area contributed by atoms with Crippen molar-refractivity contribution in [3.05, 3.63) is 59.2 Å². The number of aliphatic hydroxyl groups is 1. The summed E-state index contributed by atoms with van der Waals surface area (Å²) in [4.78, 5) is 10.3. The molecule has 0 aromatic carbocycles. The molecule has 1 N–H and O–H groups in total. The molecule has 23 heavy (non-hydrogen) atoms. The van der Waals surface area contributed by atoms with Gasteiger partial charge < -0.3 is 10.0 Å². The van der Waals surface area contributed by atoms with Gasteiger partial charge in [-0.15, -0.1) is 0 Å². The molecule has 4 nitrogen and oxygen atoms in total. The Bertz CT molecular complexity index is 493. The fourth-order valence-corrected chi connectivity index (χ4v) is 1.51. The lowest BCUT2D eigenvalue weighted by molar-refractivity contribution is 0.277. The molecule has 0 aliphatic rings. The second-order valence-electron chi connectivity index (χ2n) is 5.05. The van der Waals surface area contributed by atoms with E-state index in [0.717, 1.165) is 23.5 Å². The van der Waals surface area contributed by atoms with Gasteiger partial charge in [0.05, 0.1) is 18.0 Å². The number of aryl methyl sites for hydroxylation is 2. The normalized spacial score (nSPS) is 9.04. The summed E-state index contributed by atoms with van der Waals surface area (Å²) in [6.07, 6.45) is 3.64. The van der Waals surface area contributed by atoms with Gasteiger partial charge in [0, 0.05) is 18.9 Å². The molecular formula is C19H33N3O. The molecule has 2 aromatic rings. The van der Waals surface area contributed by atoms with Gasteiger partial charge in [0.25, 0.3) is 0 Å². The number of hydrogen-bond acceptors (Lipinski definition) is 4. The molecule has 0 saturated carbocycles. The van der Waals surface area contributed by atoms with E-state index in [1.807, 2.05) is 60.1 Å². The van der Waals surface area contributed by atoms with Gasteiger partial charge in [-0.3, -0.25) is 9.97 Å². The van der Waals surface area contributed by atoms with E-state index < -0.39 is 0 Å². The monoisotopic (exact) mass is 319 g/mol. The number of pyridine rings is 2. The van der Waals surface area contributed by atoms with Crippen molar-refractivity contribution in [1.82, 2.24) is 14.9 Å². The minimum absolute atomic E-state index is 0. The lowest BCUT2D eigenvalue weighted by Crippen LogP contribution is -2.11. The Morgan fingerprint density at radius 3 is 1.61 bits per heavy atom. The van der Waals surface area contributed by atoms with E-state index in [-0.39, 0.29) is 14.0 Å². The van der Waals surface area contributed by atoms with E-state index in [4.69, 9.17) is 5.11 Å². The highest BCUT2D eigenvalue weighted by Gasteiger charge is 1.94. The van der Waals surface area contributed by atoms with Gasteiger partial charge in [-0.05, 0) is 51.2 Å². The lowest BCUT2D eigenvalue weighted by Gasteiger charge is -2.07. The highest BCUT2D eigenvalue weighted by atomic mass is 16.3. The van der Waals surface area contributed by atoms with Gasteiger partial charge >= 0.3 is 0 Å². The van der Waals surface area contributed by atoms with Gasteiger partial charge in [-0.25, -0.2) is 0 Å². The fourth-order valence-electron chi connectivity index (χ4n) is 1.51. The largest absolute Gasteiger partial charge is 0.390 e. The van der Waals surface area contributed by atoms with Gasteiger partial charge in [-0.2, -0.15) is 0 Å². The van der Waals surface area contributed by atoms with Gasteiger partial charge in [0.15, 0.2) is 0 Å². The summed E-state index contributed by atoms with van der Waals surface area (Å²) >= 11 is 0. The summed E-state index contributed by atoms with van der Waals surface area (Å²) in [7, 11) is 4.09. The lowest BCUT2D eigenvalue weighted by atomic mass is 10.3. The van der Waals surface area contributed by atoms with E-state index in [2.05, 4.69) is 27.0 Å². The Morgan fingerprint density at radius 2 is 1.30 bits per heavy atom. The van der Waals surface area contributed by atoms with Crippen molar-refractivity contribution in [2.75, 3.05) is 14.1 Å². The SMILES string of the molecule is C.CC.Cc1ccc(CN(C)C)nc1.Cc1ccc(CO)nc1. The number of rotatable bonds is 3. The first-order valence-electron chi connectivity index (χ1n) is 7.60. The van der Waals surface area contributed by atoms with Gasteiger partial charge in [0.1, 0.15) is 0 Å². The highest BCUT2D eigenvalue weighted by Crippen LogP contribution is 1.99. The summed E-state index contributed by atoms with van der Waals surface area (Å²) in [6, 6.07) is 7.90. The Balaban J connectivity index is 0. The molecule has 4 heteroatoms. The second kappa shape index (κ2) is 13.9. The third-order valence-corrected chi connectivity index (χ3v) is 2.59. The van der Waals surface area contributed by atoms with Crippen LogP contribution in [0.2, 0.25) is 0 Å². The molecule has 0 amide bonds. The molecule has 0 atom stereocenters. The Kier molecular flexibility index (Phi) is 14.1. The van der Waals surface area contributed by atoms with E-state index in [9.17, 15) is 0 Å². The molecule has 0 fully saturated rings. The van der Waals surface area contributed by atoms with Crippen LogP contribution in [-0.4, -0.2) is 34.1 Å². The average molecular weight is 319 g/mol. The maximum absolute atomic E-state index is 8.57. The minimum atomic E-state index is 0. The summed E-state index contributed by atoms with van der Waals surface area (Å²) in [5, 5.41) is 8.57. The van der Waals surface area contributed by atoms with Crippen LogP contribution >= 0.6 is 0 Å². The summed E-state index contributed by atoms with van der Waals surface area (Å²) < 4.78 is 0. The molecule has 0 aliphatic heterocycles. The van der Waals surface area contributed by atoms with Gasteiger partial charge in [-0.1, -0.05) is 33.4 Å². The zero-order valence-electron chi connectivity index (χ0n) is 14.7. The number of aliphatic hydroxyl groups excluding tert-OH is 1. The predicted molar refractivity (Wildman–Crippen MR) is 99.3 cm³/mol. The smallest absolute Gasteiger partial charge is 0.0852 e. The minimum Gasteiger partial charge on any atom is -0.390 e. The maximum atomic E-state index is 8.57.